The van der Waals surface area contributed by atoms with Crippen LogP contribution >= 0.6 is 0 Å². The van der Waals surface area contributed by atoms with Crippen LogP contribution in [0.4, 0.5) is 0 Å². The summed E-state index contributed by atoms with van der Waals surface area (Å²) in [5, 5.41) is 0. The number of carbonyl (C=O) groups is 2. The normalized spacial score (nSPS) is 22.1. The molecule has 2 heterocycles. The smallest absolute Gasteiger partial charge is 0.219 e. The fraction of sp³-hybridized carbons (Fsp3) is 0.636. The summed E-state index contributed by atoms with van der Waals surface area (Å²) < 4.78 is 5.74. The minimum absolute atomic E-state index is 0.0545. The predicted molar refractivity (Wildman–Crippen MR) is 106 cm³/mol. The molecule has 1 unspecified atom stereocenters. The van der Waals surface area contributed by atoms with Gasteiger partial charge in [0.2, 0.25) is 5.91 Å². The highest BCUT2D eigenvalue weighted by molar-refractivity contribution is 5.98. The molecule has 0 radical (unpaired) electrons. The van der Waals surface area contributed by atoms with Gasteiger partial charge in [-0.25, -0.2) is 0 Å². The summed E-state index contributed by atoms with van der Waals surface area (Å²) in [4.78, 5) is 29.0. The molecule has 0 spiro atoms. The summed E-state index contributed by atoms with van der Waals surface area (Å²) in [5.74, 6) is 1.22. The van der Waals surface area contributed by atoms with Crippen molar-refractivity contribution in [2.45, 2.75) is 58.6 Å². The molecule has 0 bridgehead atoms. The molecular formula is C22H32N2O3. The molecule has 0 N–H and O–H groups in total. The van der Waals surface area contributed by atoms with E-state index >= 15 is 0 Å². The SMILES string of the molecule is CC(=O)N1CCC(N2CCCC(C(=O)c3cccc(OC(C)C)c3)C2)CC1. The number of ketones is 1. The van der Waals surface area contributed by atoms with E-state index in [9.17, 15) is 9.59 Å². The number of Topliss-reactive ketones (excluding diaryl/α,β-unsaturated/α-hetero) is 1. The van der Waals surface area contributed by atoms with Gasteiger partial charge in [0.05, 0.1) is 6.10 Å². The first-order valence-corrected chi connectivity index (χ1v) is 10.2. The Bertz CT molecular complexity index is 665. The van der Waals surface area contributed by atoms with Crippen molar-refractivity contribution in [3.63, 3.8) is 0 Å². The van der Waals surface area contributed by atoms with Gasteiger partial charge in [-0.15, -0.1) is 0 Å². The monoisotopic (exact) mass is 372 g/mol. The molecule has 5 heteroatoms. The number of hydrogen-bond donors (Lipinski definition) is 0. The van der Waals surface area contributed by atoms with Crippen LogP contribution in [0.5, 0.6) is 5.75 Å². The Balaban J connectivity index is 1.61. The molecule has 1 aromatic rings. The summed E-state index contributed by atoms with van der Waals surface area (Å²) in [7, 11) is 0. The van der Waals surface area contributed by atoms with Crippen molar-refractivity contribution in [3.8, 4) is 5.75 Å². The molecule has 0 aromatic heterocycles. The number of rotatable bonds is 5. The van der Waals surface area contributed by atoms with Crippen LogP contribution in [0.1, 0.15) is 56.8 Å². The van der Waals surface area contributed by atoms with Gasteiger partial charge in [0.25, 0.3) is 0 Å². The van der Waals surface area contributed by atoms with Gasteiger partial charge in [0, 0.05) is 44.1 Å². The van der Waals surface area contributed by atoms with Gasteiger partial charge in [-0.1, -0.05) is 12.1 Å². The van der Waals surface area contributed by atoms with Gasteiger partial charge in [0.1, 0.15) is 5.75 Å². The van der Waals surface area contributed by atoms with Crippen molar-refractivity contribution in [2.75, 3.05) is 26.2 Å². The Morgan fingerprint density at radius 3 is 2.52 bits per heavy atom. The zero-order chi connectivity index (χ0) is 19.4. The lowest BCUT2D eigenvalue weighted by Gasteiger charge is -2.42. The van der Waals surface area contributed by atoms with E-state index in [0.29, 0.717) is 6.04 Å². The van der Waals surface area contributed by atoms with Crippen LogP contribution in [0, 0.1) is 5.92 Å². The number of likely N-dealkylation sites (tertiary alicyclic amines) is 2. The van der Waals surface area contributed by atoms with E-state index < -0.39 is 0 Å². The zero-order valence-corrected chi connectivity index (χ0v) is 16.8. The second-order valence-corrected chi connectivity index (χ2v) is 8.13. The third-order valence-electron chi connectivity index (χ3n) is 5.74. The molecule has 2 aliphatic heterocycles. The zero-order valence-electron chi connectivity index (χ0n) is 16.8. The van der Waals surface area contributed by atoms with Crippen LogP contribution < -0.4 is 4.74 Å². The molecule has 0 saturated carbocycles. The minimum Gasteiger partial charge on any atom is -0.491 e. The van der Waals surface area contributed by atoms with Gasteiger partial charge in [-0.2, -0.15) is 0 Å². The van der Waals surface area contributed by atoms with E-state index in [1.54, 1.807) is 6.92 Å². The van der Waals surface area contributed by atoms with Crippen LogP contribution in [-0.2, 0) is 4.79 Å². The Labute approximate surface area is 162 Å². The fourth-order valence-corrected chi connectivity index (χ4v) is 4.33. The van der Waals surface area contributed by atoms with Crippen molar-refractivity contribution >= 4 is 11.7 Å². The summed E-state index contributed by atoms with van der Waals surface area (Å²) >= 11 is 0. The van der Waals surface area contributed by atoms with E-state index in [-0.39, 0.29) is 23.7 Å². The van der Waals surface area contributed by atoms with Crippen molar-refractivity contribution < 1.29 is 14.3 Å². The lowest BCUT2D eigenvalue weighted by Crippen LogP contribution is -2.50. The molecule has 2 aliphatic rings. The van der Waals surface area contributed by atoms with Crippen LogP contribution in [0.3, 0.4) is 0 Å². The number of nitrogens with zero attached hydrogens (tertiary/aromatic N) is 2. The summed E-state index contributed by atoms with van der Waals surface area (Å²) in [6.07, 6.45) is 4.14. The number of hydrogen-bond acceptors (Lipinski definition) is 4. The summed E-state index contributed by atoms with van der Waals surface area (Å²) in [6, 6.07) is 8.09. The third-order valence-corrected chi connectivity index (χ3v) is 5.74. The Hall–Kier alpha value is -1.88. The molecule has 2 fully saturated rings. The molecule has 1 aromatic carbocycles. The molecule has 5 nitrogen and oxygen atoms in total. The average Bonchev–Trinajstić information content (AvgIpc) is 2.67. The number of amides is 1. The maximum absolute atomic E-state index is 13.1. The van der Waals surface area contributed by atoms with Crippen LogP contribution in [0.25, 0.3) is 0 Å². The van der Waals surface area contributed by atoms with Crippen molar-refractivity contribution in [3.05, 3.63) is 29.8 Å². The first-order valence-electron chi connectivity index (χ1n) is 10.2. The van der Waals surface area contributed by atoms with E-state index in [2.05, 4.69) is 4.90 Å². The first-order chi connectivity index (χ1) is 12.9. The molecule has 27 heavy (non-hydrogen) atoms. The van der Waals surface area contributed by atoms with E-state index in [1.807, 2.05) is 43.0 Å². The topological polar surface area (TPSA) is 49.9 Å². The highest BCUT2D eigenvalue weighted by Crippen LogP contribution is 2.27. The van der Waals surface area contributed by atoms with Gasteiger partial charge in [-0.3, -0.25) is 14.5 Å². The van der Waals surface area contributed by atoms with E-state index in [0.717, 1.165) is 63.2 Å². The van der Waals surface area contributed by atoms with Gasteiger partial charge >= 0.3 is 0 Å². The quantitative estimate of drug-likeness (QED) is 0.744. The van der Waals surface area contributed by atoms with Crippen molar-refractivity contribution in [2.24, 2.45) is 5.92 Å². The molecule has 3 rings (SSSR count). The molecule has 2 saturated heterocycles. The van der Waals surface area contributed by atoms with Gasteiger partial charge in [0.15, 0.2) is 5.78 Å². The maximum atomic E-state index is 13.1. The second kappa shape index (κ2) is 8.87. The molecule has 1 atom stereocenters. The lowest BCUT2D eigenvalue weighted by atomic mass is 9.88. The van der Waals surface area contributed by atoms with Crippen LogP contribution in [-0.4, -0.2) is 59.8 Å². The lowest BCUT2D eigenvalue weighted by molar-refractivity contribution is -0.130. The Kier molecular flexibility index (Phi) is 6.53. The molecule has 0 aliphatic carbocycles. The van der Waals surface area contributed by atoms with Gasteiger partial charge in [-0.05, 0) is 58.2 Å². The highest BCUT2D eigenvalue weighted by atomic mass is 16.5. The highest BCUT2D eigenvalue weighted by Gasteiger charge is 2.32. The van der Waals surface area contributed by atoms with Crippen molar-refractivity contribution in [1.29, 1.82) is 0 Å². The van der Waals surface area contributed by atoms with Crippen molar-refractivity contribution in [1.82, 2.24) is 9.80 Å². The predicted octanol–water partition coefficient (Wildman–Crippen LogP) is 3.38. The molecular weight excluding hydrogens is 340 g/mol. The fourth-order valence-electron chi connectivity index (χ4n) is 4.33. The largest absolute Gasteiger partial charge is 0.491 e. The average molecular weight is 373 g/mol. The maximum Gasteiger partial charge on any atom is 0.219 e. The number of ether oxygens (including phenoxy) is 1. The standard InChI is InChI=1S/C22H32N2O3/c1-16(2)27-21-8-4-6-18(14-21)22(26)19-7-5-11-24(15-19)20-9-12-23(13-10-20)17(3)25/h4,6,8,14,16,19-20H,5,7,9-13,15H2,1-3H3. The van der Waals surface area contributed by atoms with Crippen LogP contribution in [0.2, 0.25) is 0 Å². The first kappa shape index (κ1) is 19.9. The second-order valence-electron chi connectivity index (χ2n) is 8.13. The number of benzene rings is 1. The molecule has 1 amide bonds. The minimum atomic E-state index is 0.0545. The molecule has 148 valence electrons. The van der Waals surface area contributed by atoms with Crippen LogP contribution in [0.15, 0.2) is 24.3 Å². The van der Waals surface area contributed by atoms with E-state index in [1.165, 1.54) is 0 Å². The number of piperidine rings is 2. The Morgan fingerprint density at radius 2 is 1.85 bits per heavy atom. The van der Waals surface area contributed by atoms with E-state index in [4.69, 9.17) is 4.74 Å². The summed E-state index contributed by atoms with van der Waals surface area (Å²) in [5.41, 5.74) is 0.756. The number of carbonyl (C=O) groups excluding carboxylic acids is 2. The Morgan fingerprint density at radius 1 is 1.11 bits per heavy atom. The third kappa shape index (κ3) is 5.10. The van der Waals surface area contributed by atoms with Gasteiger partial charge < -0.3 is 9.64 Å². The summed E-state index contributed by atoms with van der Waals surface area (Å²) in [6.45, 7) is 9.19.